The molecule has 0 spiro atoms. The lowest BCUT2D eigenvalue weighted by molar-refractivity contribution is 0.0525. The molecule has 152 valence electrons. The van der Waals surface area contributed by atoms with Gasteiger partial charge in [-0.1, -0.05) is 36.4 Å². The topological polar surface area (TPSA) is 81.9 Å². The molecule has 0 saturated heterocycles. The summed E-state index contributed by atoms with van der Waals surface area (Å²) in [4.78, 5) is 21.5. The average molecular weight is 420 g/mol. The van der Waals surface area contributed by atoms with Crippen LogP contribution < -0.4 is 5.32 Å². The number of hydrogen-bond donors (Lipinski definition) is 1. The Bertz CT molecular complexity index is 1110. The first kappa shape index (κ1) is 19.9. The van der Waals surface area contributed by atoms with E-state index in [0.717, 1.165) is 17.0 Å². The van der Waals surface area contributed by atoms with E-state index >= 15 is 0 Å². The van der Waals surface area contributed by atoms with E-state index in [1.807, 2.05) is 53.9 Å². The Morgan fingerprint density at radius 3 is 2.73 bits per heavy atom. The molecule has 0 radical (unpaired) electrons. The van der Waals surface area contributed by atoms with Crippen LogP contribution in [0, 0.1) is 0 Å². The van der Waals surface area contributed by atoms with Crippen molar-refractivity contribution >= 4 is 17.3 Å². The molecule has 0 unspecified atom stereocenters. The van der Waals surface area contributed by atoms with Crippen molar-refractivity contribution in [3.8, 4) is 16.4 Å². The maximum absolute atomic E-state index is 12.4. The smallest absolute Gasteiger partial charge is 0.341 e. The predicted molar refractivity (Wildman–Crippen MR) is 115 cm³/mol. The van der Waals surface area contributed by atoms with Crippen molar-refractivity contribution in [1.29, 1.82) is 0 Å². The first-order chi connectivity index (χ1) is 14.8. The van der Waals surface area contributed by atoms with Gasteiger partial charge in [-0.3, -0.25) is 4.98 Å². The molecule has 8 heteroatoms. The van der Waals surface area contributed by atoms with Crippen LogP contribution in [0.2, 0.25) is 0 Å². The summed E-state index contributed by atoms with van der Waals surface area (Å²) < 4.78 is 6.91. The maximum atomic E-state index is 12.4. The van der Waals surface area contributed by atoms with Gasteiger partial charge >= 0.3 is 5.97 Å². The fourth-order valence-corrected chi connectivity index (χ4v) is 3.82. The highest BCUT2D eigenvalue weighted by Crippen LogP contribution is 2.25. The van der Waals surface area contributed by atoms with Gasteiger partial charge in [-0.15, -0.1) is 11.3 Å². The molecule has 0 saturated carbocycles. The molecule has 3 heterocycles. The molecule has 0 aliphatic rings. The fourth-order valence-electron chi connectivity index (χ4n) is 3.00. The Kier molecular flexibility index (Phi) is 6.26. The second-order valence-corrected chi connectivity index (χ2v) is 7.28. The summed E-state index contributed by atoms with van der Waals surface area (Å²) >= 11 is 1.48. The quantitative estimate of drug-likeness (QED) is 0.437. The number of aromatic nitrogens is 4. The summed E-state index contributed by atoms with van der Waals surface area (Å²) in [6.45, 7) is 3.08. The highest BCUT2D eigenvalue weighted by molar-refractivity contribution is 7.12. The standard InChI is InChI=1S/C22H21N5O2S/c1-2-29-21(28)18-13-25-27(20(18)14-23-12-17-10-6-7-11-24-17)22-26-19(15-30-22)16-8-4-3-5-9-16/h3-11,13,15,23H,2,12,14H2,1H3. The van der Waals surface area contributed by atoms with E-state index in [2.05, 4.69) is 15.4 Å². The van der Waals surface area contributed by atoms with Crippen LogP contribution in [0.25, 0.3) is 16.4 Å². The van der Waals surface area contributed by atoms with Gasteiger partial charge in [0.25, 0.3) is 0 Å². The Morgan fingerprint density at radius 2 is 1.97 bits per heavy atom. The normalized spacial score (nSPS) is 10.8. The van der Waals surface area contributed by atoms with Gasteiger partial charge in [0, 0.05) is 30.2 Å². The summed E-state index contributed by atoms with van der Waals surface area (Å²) in [7, 11) is 0. The minimum absolute atomic E-state index is 0.306. The van der Waals surface area contributed by atoms with E-state index in [4.69, 9.17) is 9.72 Å². The molecular weight excluding hydrogens is 398 g/mol. The van der Waals surface area contributed by atoms with Crippen LogP contribution in [0.1, 0.15) is 28.7 Å². The van der Waals surface area contributed by atoms with Crippen molar-refractivity contribution in [2.45, 2.75) is 20.0 Å². The minimum Gasteiger partial charge on any atom is -0.462 e. The molecule has 4 rings (SSSR count). The van der Waals surface area contributed by atoms with Crippen molar-refractivity contribution in [2.24, 2.45) is 0 Å². The first-order valence-electron chi connectivity index (χ1n) is 9.62. The van der Waals surface area contributed by atoms with Crippen LogP contribution in [0.5, 0.6) is 0 Å². The highest BCUT2D eigenvalue weighted by Gasteiger charge is 2.21. The van der Waals surface area contributed by atoms with E-state index in [-0.39, 0.29) is 0 Å². The monoisotopic (exact) mass is 419 g/mol. The number of hydrogen-bond acceptors (Lipinski definition) is 7. The van der Waals surface area contributed by atoms with Gasteiger partial charge in [0.15, 0.2) is 0 Å². The third kappa shape index (κ3) is 4.45. The second-order valence-electron chi connectivity index (χ2n) is 6.44. The lowest BCUT2D eigenvalue weighted by Gasteiger charge is -2.09. The van der Waals surface area contributed by atoms with Crippen LogP contribution in [-0.4, -0.2) is 32.3 Å². The Hall–Kier alpha value is -3.36. The molecule has 0 amide bonds. The average Bonchev–Trinajstić information content (AvgIpc) is 3.43. The van der Waals surface area contributed by atoms with Gasteiger partial charge in [-0.25, -0.2) is 14.5 Å². The number of pyridine rings is 1. The molecule has 3 aromatic heterocycles. The second kappa shape index (κ2) is 9.43. The lowest BCUT2D eigenvalue weighted by Crippen LogP contribution is -2.19. The van der Waals surface area contributed by atoms with Crippen LogP contribution in [0.3, 0.4) is 0 Å². The largest absolute Gasteiger partial charge is 0.462 e. The number of carbonyl (C=O) groups excluding carboxylic acids is 1. The van der Waals surface area contributed by atoms with Gasteiger partial charge in [0.1, 0.15) is 5.56 Å². The molecule has 0 aliphatic heterocycles. The van der Waals surface area contributed by atoms with Gasteiger partial charge in [-0.2, -0.15) is 5.10 Å². The Morgan fingerprint density at radius 1 is 1.13 bits per heavy atom. The van der Waals surface area contributed by atoms with Crippen LogP contribution >= 0.6 is 11.3 Å². The molecular formula is C22H21N5O2S. The van der Waals surface area contributed by atoms with Crippen LogP contribution in [0.4, 0.5) is 0 Å². The predicted octanol–water partition coefficient (Wildman–Crippen LogP) is 3.86. The molecule has 0 aliphatic carbocycles. The van der Waals surface area contributed by atoms with Gasteiger partial charge in [-0.05, 0) is 19.1 Å². The minimum atomic E-state index is -0.391. The highest BCUT2D eigenvalue weighted by atomic mass is 32.1. The van der Waals surface area contributed by atoms with Crippen LogP contribution in [0.15, 0.2) is 66.3 Å². The van der Waals surface area contributed by atoms with Crippen molar-refractivity contribution < 1.29 is 9.53 Å². The Balaban J connectivity index is 1.61. The van der Waals surface area contributed by atoms with E-state index < -0.39 is 5.97 Å². The SMILES string of the molecule is CCOC(=O)c1cnn(-c2nc(-c3ccccc3)cs2)c1CNCc1ccccn1. The molecule has 30 heavy (non-hydrogen) atoms. The van der Waals surface area contributed by atoms with Gasteiger partial charge in [0.2, 0.25) is 5.13 Å². The molecule has 1 N–H and O–H groups in total. The third-order valence-corrected chi connectivity index (χ3v) is 5.25. The summed E-state index contributed by atoms with van der Waals surface area (Å²) in [5.41, 5.74) is 3.96. The molecule has 0 atom stereocenters. The lowest BCUT2D eigenvalue weighted by atomic mass is 10.2. The van der Waals surface area contributed by atoms with E-state index in [9.17, 15) is 4.79 Å². The zero-order valence-corrected chi connectivity index (χ0v) is 17.3. The van der Waals surface area contributed by atoms with Crippen molar-refractivity contribution in [1.82, 2.24) is 25.1 Å². The number of thiazole rings is 1. The summed E-state index contributed by atoms with van der Waals surface area (Å²) in [6.07, 6.45) is 3.30. The number of esters is 1. The fraction of sp³-hybridized carbons (Fsp3) is 0.182. The zero-order chi connectivity index (χ0) is 20.8. The number of rotatable bonds is 8. The molecule has 4 aromatic rings. The summed E-state index contributed by atoms with van der Waals surface area (Å²) in [5.74, 6) is -0.391. The number of nitrogens with zero attached hydrogens (tertiary/aromatic N) is 4. The number of benzene rings is 1. The van der Waals surface area contributed by atoms with Crippen LogP contribution in [-0.2, 0) is 17.8 Å². The van der Waals surface area contributed by atoms with Crippen molar-refractivity contribution in [2.75, 3.05) is 6.61 Å². The molecule has 1 aromatic carbocycles. The maximum Gasteiger partial charge on any atom is 0.341 e. The summed E-state index contributed by atoms with van der Waals surface area (Å²) in [6, 6.07) is 15.7. The number of ether oxygens (including phenoxy) is 1. The van der Waals surface area contributed by atoms with E-state index in [1.165, 1.54) is 11.3 Å². The zero-order valence-electron chi connectivity index (χ0n) is 16.5. The number of nitrogens with one attached hydrogen (secondary N) is 1. The first-order valence-corrected chi connectivity index (χ1v) is 10.5. The van der Waals surface area contributed by atoms with E-state index in [0.29, 0.717) is 36.1 Å². The van der Waals surface area contributed by atoms with Gasteiger partial charge < -0.3 is 10.1 Å². The van der Waals surface area contributed by atoms with Crippen molar-refractivity contribution in [3.05, 3.63) is 83.3 Å². The molecule has 7 nitrogen and oxygen atoms in total. The van der Waals surface area contributed by atoms with Crippen molar-refractivity contribution in [3.63, 3.8) is 0 Å². The third-order valence-electron chi connectivity index (χ3n) is 4.43. The van der Waals surface area contributed by atoms with Gasteiger partial charge in [0.05, 0.1) is 29.9 Å². The number of carbonyl (C=O) groups is 1. The Labute approximate surface area is 178 Å². The molecule has 0 bridgehead atoms. The molecule has 0 fully saturated rings. The van der Waals surface area contributed by atoms with E-state index in [1.54, 1.807) is 24.0 Å². The summed E-state index contributed by atoms with van der Waals surface area (Å²) in [5, 5.41) is 10.4.